The number of para-hydroxylation sites is 1. The number of nitrogens with zero attached hydrogens (tertiary/aromatic N) is 2. The molecular formula is C23H21N3O4. The lowest BCUT2D eigenvalue weighted by atomic mass is 10.1. The molecule has 1 N–H and O–H groups in total. The summed E-state index contributed by atoms with van der Waals surface area (Å²) in [7, 11) is 1.77. The molecule has 0 bridgehead atoms. The predicted molar refractivity (Wildman–Crippen MR) is 113 cm³/mol. The highest BCUT2D eigenvalue weighted by molar-refractivity contribution is 6.09. The number of amides is 1. The Hall–Kier alpha value is -3.87. The van der Waals surface area contributed by atoms with Gasteiger partial charge in [-0.1, -0.05) is 12.1 Å². The van der Waals surface area contributed by atoms with E-state index in [4.69, 9.17) is 9.47 Å². The first-order valence-electron chi connectivity index (χ1n) is 9.59. The number of anilines is 1. The molecule has 1 amide bonds. The first kappa shape index (κ1) is 19.4. The van der Waals surface area contributed by atoms with Gasteiger partial charge in [0.2, 0.25) is 5.78 Å². The highest BCUT2D eigenvalue weighted by Gasteiger charge is 2.20. The Balaban J connectivity index is 1.47. The minimum atomic E-state index is -0.259. The van der Waals surface area contributed by atoms with E-state index in [9.17, 15) is 9.59 Å². The number of nitrogens with one attached hydrogen (secondary N) is 1. The summed E-state index contributed by atoms with van der Waals surface area (Å²) in [5, 5.41) is 2.84. The molecule has 2 heterocycles. The monoisotopic (exact) mass is 403 g/mol. The quantitative estimate of drug-likeness (QED) is 0.638. The molecule has 0 saturated heterocycles. The number of carbonyl (C=O) groups excluding carboxylic acids is 2. The summed E-state index contributed by atoms with van der Waals surface area (Å²) in [6, 6.07) is 12.3. The van der Waals surface area contributed by atoms with Gasteiger partial charge in [0.1, 0.15) is 6.61 Å². The highest BCUT2D eigenvalue weighted by atomic mass is 16.5. The van der Waals surface area contributed by atoms with Crippen LogP contribution in [0.2, 0.25) is 0 Å². The van der Waals surface area contributed by atoms with Crippen molar-refractivity contribution in [3.63, 3.8) is 0 Å². The van der Waals surface area contributed by atoms with E-state index in [2.05, 4.69) is 10.3 Å². The minimum absolute atomic E-state index is 0.151. The maximum absolute atomic E-state index is 12.7. The van der Waals surface area contributed by atoms with Crippen LogP contribution in [0.25, 0.3) is 6.08 Å². The van der Waals surface area contributed by atoms with Crippen LogP contribution in [0.1, 0.15) is 28.7 Å². The first-order chi connectivity index (χ1) is 14.6. The number of benzene rings is 2. The summed E-state index contributed by atoms with van der Waals surface area (Å²) < 4.78 is 13.0. The molecule has 1 aliphatic heterocycles. The third kappa shape index (κ3) is 3.82. The van der Waals surface area contributed by atoms with Crippen molar-refractivity contribution in [3.8, 4) is 11.5 Å². The average molecular weight is 403 g/mol. The molecule has 0 atom stereocenters. The van der Waals surface area contributed by atoms with Crippen molar-refractivity contribution in [2.45, 2.75) is 6.92 Å². The molecule has 3 aromatic rings. The van der Waals surface area contributed by atoms with Crippen molar-refractivity contribution < 1.29 is 19.1 Å². The Morgan fingerprint density at radius 1 is 1.20 bits per heavy atom. The van der Waals surface area contributed by atoms with Gasteiger partial charge in [-0.15, -0.1) is 0 Å². The number of aromatic nitrogens is 2. The second-order valence-corrected chi connectivity index (χ2v) is 6.79. The Bertz CT molecular complexity index is 1130. The molecule has 152 valence electrons. The molecule has 30 heavy (non-hydrogen) atoms. The van der Waals surface area contributed by atoms with Gasteiger partial charge in [-0.25, -0.2) is 4.98 Å². The predicted octanol–water partition coefficient (Wildman–Crippen LogP) is 3.46. The average Bonchev–Trinajstić information content (AvgIpc) is 3.19. The molecule has 0 aliphatic carbocycles. The lowest BCUT2D eigenvalue weighted by Crippen LogP contribution is -2.21. The van der Waals surface area contributed by atoms with Gasteiger partial charge in [-0.2, -0.15) is 0 Å². The van der Waals surface area contributed by atoms with E-state index in [1.807, 2.05) is 25.1 Å². The summed E-state index contributed by atoms with van der Waals surface area (Å²) in [5.74, 6) is 1.24. The van der Waals surface area contributed by atoms with Gasteiger partial charge < -0.3 is 19.4 Å². The third-order valence-corrected chi connectivity index (χ3v) is 4.73. The molecule has 2 aromatic carbocycles. The zero-order valence-corrected chi connectivity index (χ0v) is 16.7. The third-order valence-electron chi connectivity index (χ3n) is 4.73. The van der Waals surface area contributed by atoms with Gasteiger partial charge in [-0.05, 0) is 43.3 Å². The molecule has 7 heteroatoms. The molecule has 0 unspecified atom stereocenters. The van der Waals surface area contributed by atoms with Gasteiger partial charge in [0, 0.05) is 36.3 Å². The number of ether oxygens (including phenoxy) is 2. The summed E-state index contributed by atoms with van der Waals surface area (Å²) in [4.78, 5) is 29.2. The van der Waals surface area contributed by atoms with Crippen molar-refractivity contribution in [2.24, 2.45) is 7.05 Å². The van der Waals surface area contributed by atoms with Gasteiger partial charge >= 0.3 is 0 Å². The number of hydrogen-bond acceptors (Lipinski definition) is 5. The molecular weight excluding hydrogens is 382 g/mol. The lowest BCUT2D eigenvalue weighted by Gasteiger charge is -2.20. The molecule has 1 aromatic heterocycles. The topological polar surface area (TPSA) is 82.4 Å². The smallest absolute Gasteiger partial charge is 0.255 e. The number of rotatable bonds is 6. The van der Waals surface area contributed by atoms with Gasteiger partial charge in [0.25, 0.3) is 5.91 Å². The molecule has 0 saturated carbocycles. The zero-order valence-electron chi connectivity index (χ0n) is 16.7. The Morgan fingerprint density at radius 3 is 2.70 bits per heavy atom. The van der Waals surface area contributed by atoms with Gasteiger partial charge in [-0.3, -0.25) is 9.59 Å². The number of ketones is 1. The molecule has 4 rings (SSSR count). The largest absolute Gasteiger partial charge is 0.490 e. The van der Waals surface area contributed by atoms with Crippen LogP contribution in [0.5, 0.6) is 11.5 Å². The van der Waals surface area contributed by atoms with Crippen LogP contribution < -0.4 is 14.8 Å². The minimum Gasteiger partial charge on any atom is -0.490 e. The second kappa shape index (κ2) is 8.24. The van der Waals surface area contributed by atoms with Gasteiger partial charge in [0.15, 0.2) is 17.3 Å². The molecule has 0 radical (unpaired) electrons. The Morgan fingerprint density at radius 2 is 2.00 bits per heavy atom. The maximum atomic E-state index is 12.7. The molecule has 0 spiro atoms. The first-order valence-corrected chi connectivity index (χ1v) is 9.59. The van der Waals surface area contributed by atoms with Crippen molar-refractivity contribution in [1.29, 1.82) is 0 Å². The van der Waals surface area contributed by atoms with Crippen LogP contribution in [0, 0.1) is 0 Å². The molecule has 1 aliphatic rings. The lowest BCUT2D eigenvalue weighted by molar-refractivity contribution is -0.113. The van der Waals surface area contributed by atoms with E-state index in [0.29, 0.717) is 40.8 Å². The summed E-state index contributed by atoms with van der Waals surface area (Å²) in [6.07, 6.45) is 5.10. The van der Waals surface area contributed by atoms with Crippen LogP contribution >= 0.6 is 0 Å². The Kier molecular flexibility index (Phi) is 5.34. The second-order valence-electron chi connectivity index (χ2n) is 6.79. The number of fused-ring (bicyclic) bond motifs is 1. The van der Waals surface area contributed by atoms with Crippen molar-refractivity contribution in [1.82, 2.24) is 9.55 Å². The van der Waals surface area contributed by atoms with Crippen molar-refractivity contribution >= 4 is 23.5 Å². The van der Waals surface area contributed by atoms with Crippen molar-refractivity contribution in [3.05, 3.63) is 77.4 Å². The van der Waals surface area contributed by atoms with E-state index in [-0.39, 0.29) is 18.3 Å². The van der Waals surface area contributed by atoms with E-state index in [1.54, 1.807) is 54.3 Å². The van der Waals surface area contributed by atoms with E-state index in [0.717, 1.165) is 5.56 Å². The summed E-state index contributed by atoms with van der Waals surface area (Å²) in [6.45, 7) is 2.60. The SMILES string of the molecule is CCOc1cccc2c1OCC(C(=O)Nc1ccc(C(=O)c3nccn3C)cc1)=C2. The van der Waals surface area contributed by atoms with Crippen molar-refractivity contribution in [2.75, 3.05) is 18.5 Å². The zero-order chi connectivity index (χ0) is 21.1. The summed E-state index contributed by atoms with van der Waals surface area (Å²) in [5.41, 5.74) is 2.39. The summed E-state index contributed by atoms with van der Waals surface area (Å²) >= 11 is 0. The maximum Gasteiger partial charge on any atom is 0.255 e. The fourth-order valence-electron chi connectivity index (χ4n) is 3.21. The standard InChI is InChI=1S/C23H21N3O4/c1-3-29-19-6-4-5-16-13-17(14-30-21(16)19)23(28)25-18-9-7-15(8-10-18)20(27)22-24-11-12-26(22)2/h4-13H,3,14H2,1-2H3,(H,25,28). The number of imidazole rings is 1. The van der Waals surface area contributed by atoms with E-state index in [1.165, 1.54) is 0 Å². The van der Waals surface area contributed by atoms with Crippen LogP contribution in [0.4, 0.5) is 5.69 Å². The highest BCUT2D eigenvalue weighted by Crippen LogP contribution is 2.35. The number of hydrogen-bond donors (Lipinski definition) is 1. The van der Waals surface area contributed by atoms with Crippen LogP contribution in [0.15, 0.2) is 60.4 Å². The molecule has 0 fully saturated rings. The van der Waals surface area contributed by atoms with Gasteiger partial charge in [0.05, 0.1) is 12.2 Å². The fraction of sp³-hybridized carbons (Fsp3) is 0.174. The Labute approximate surface area is 174 Å². The van der Waals surface area contributed by atoms with E-state index < -0.39 is 0 Å². The van der Waals surface area contributed by atoms with Crippen LogP contribution in [-0.2, 0) is 11.8 Å². The fourth-order valence-corrected chi connectivity index (χ4v) is 3.21. The van der Waals surface area contributed by atoms with Crippen LogP contribution in [-0.4, -0.2) is 34.5 Å². The van der Waals surface area contributed by atoms with Crippen LogP contribution in [0.3, 0.4) is 0 Å². The van der Waals surface area contributed by atoms with E-state index >= 15 is 0 Å². The number of aryl methyl sites for hydroxylation is 1. The normalized spacial score (nSPS) is 12.4. The molecule has 7 nitrogen and oxygen atoms in total. The number of carbonyl (C=O) groups is 2.